The summed E-state index contributed by atoms with van der Waals surface area (Å²) in [7, 11) is 1.46. The second-order valence-corrected chi connectivity index (χ2v) is 3.81. The molecule has 98 valence electrons. The van der Waals surface area contributed by atoms with Crippen molar-refractivity contribution < 1.29 is 19.4 Å². The Hall–Kier alpha value is -2.11. The van der Waals surface area contributed by atoms with E-state index in [1.54, 1.807) is 24.5 Å². The Kier molecular flexibility index (Phi) is 5.10. The molecule has 1 aromatic heterocycles. The summed E-state index contributed by atoms with van der Waals surface area (Å²) in [6.45, 7) is 1.66. The molecule has 1 aromatic rings. The Labute approximate surface area is 105 Å². The van der Waals surface area contributed by atoms with E-state index in [1.165, 1.54) is 18.9 Å². The van der Waals surface area contributed by atoms with Crippen molar-refractivity contribution in [1.82, 2.24) is 9.88 Å². The van der Waals surface area contributed by atoms with Gasteiger partial charge in [-0.1, -0.05) is 0 Å². The molecule has 0 spiro atoms. The normalized spacial score (nSPS) is 11.7. The van der Waals surface area contributed by atoms with Crippen molar-refractivity contribution in [3.63, 3.8) is 0 Å². The van der Waals surface area contributed by atoms with Gasteiger partial charge in [-0.2, -0.15) is 0 Å². The first-order valence-electron chi connectivity index (χ1n) is 5.53. The lowest BCUT2D eigenvalue weighted by molar-refractivity contribution is -0.148. The van der Waals surface area contributed by atoms with E-state index in [0.29, 0.717) is 5.75 Å². The topological polar surface area (TPSA) is 79.7 Å². The fourth-order valence-electron chi connectivity index (χ4n) is 1.25. The van der Waals surface area contributed by atoms with E-state index in [-0.39, 0.29) is 18.9 Å². The first-order valence-corrected chi connectivity index (χ1v) is 5.53. The minimum atomic E-state index is -1.03. The number of ether oxygens (including phenoxy) is 1. The van der Waals surface area contributed by atoms with Crippen LogP contribution in [0.25, 0.3) is 0 Å². The molecule has 0 aromatic carbocycles. The van der Waals surface area contributed by atoms with Gasteiger partial charge in [-0.05, 0) is 19.1 Å². The fraction of sp³-hybridized carbons (Fsp3) is 0.417. The molecule has 1 atom stereocenters. The first-order chi connectivity index (χ1) is 8.52. The zero-order chi connectivity index (χ0) is 13.5. The number of aliphatic carboxylic acids is 1. The molecule has 0 bridgehead atoms. The Morgan fingerprint density at radius 2 is 2.28 bits per heavy atom. The van der Waals surface area contributed by atoms with Crippen LogP contribution in [0.1, 0.15) is 13.3 Å². The van der Waals surface area contributed by atoms with Gasteiger partial charge >= 0.3 is 5.97 Å². The molecule has 1 amide bonds. The van der Waals surface area contributed by atoms with Crippen LogP contribution in [0, 0.1) is 0 Å². The summed E-state index contributed by atoms with van der Waals surface area (Å²) in [5, 5.41) is 8.77. The zero-order valence-corrected chi connectivity index (χ0v) is 10.4. The number of carboxylic acids is 1. The summed E-state index contributed by atoms with van der Waals surface area (Å²) < 4.78 is 5.31. The first kappa shape index (κ1) is 14.0. The number of rotatable bonds is 6. The number of carbonyl (C=O) groups excluding carboxylic acids is 1. The summed E-state index contributed by atoms with van der Waals surface area (Å²) in [5.41, 5.74) is 0. The molecule has 0 saturated heterocycles. The van der Waals surface area contributed by atoms with Crippen LogP contribution in [0.5, 0.6) is 5.75 Å². The Morgan fingerprint density at radius 3 is 2.83 bits per heavy atom. The van der Waals surface area contributed by atoms with Crippen LogP contribution in [0.15, 0.2) is 24.5 Å². The number of hydrogen-bond acceptors (Lipinski definition) is 4. The summed E-state index contributed by atoms with van der Waals surface area (Å²) in [4.78, 5) is 27.4. The molecule has 0 radical (unpaired) electrons. The van der Waals surface area contributed by atoms with E-state index in [4.69, 9.17) is 9.84 Å². The standard InChI is InChI=1S/C12H16N2O4/c1-9(12(16)17)14(2)11(15)5-7-18-10-4-3-6-13-8-10/h3-4,6,8-9H,5,7H2,1-2H3,(H,16,17). The molecule has 6 heteroatoms. The van der Waals surface area contributed by atoms with Gasteiger partial charge < -0.3 is 14.7 Å². The van der Waals surface area contributed by atoms with Crippen LogP contribution in [0.2, 0.25) is 0 Å². The monoisotopic (exact) mass is 252 g/mol. The molecule has 1 unspecified atom stereocenters. The Morgan fingerprint density at radius 1 is 1.56 bits per heavy atom. The predicted molar refractivity (Wildman–Crippen MR) is 64.2 cm³/mol. The summed E-state index contributed by atoms with van der Waals surface area (Å²) >= 11 is 0. The maximum absolute atomic E-state index is 11.6. The molecule has 18 heavy (non-hydrogen) atoms. The van der Waals surface area contributed by atoms with Crippen molar-refractivity contribution in [2.45, 2.75) is 19.4 Å². The average molecular weight is 252 g/mol. The lowest BCUT2D eigenvalue weighted by Gasteiger charge is -2.21. The van der Waals surface area contributed by atoms with E-state index in [0.717, 1.165) is 0 Å². The van der Waals surface area contributed by atoms with Gasteiger partial charge in [0, 0.05) is 13.2 Å². The van der Waals surface area contributed by atoms with Crippen molar-refractivity contribution in [3.05, 3.63) is 24.5 Å². The molecule has 0 aliphatic rings. The Bertz CT molecular complexity index is 408. The second kappa shape index (κ2) is 6.58. The van der Waals surface area contributed by atoms with Crippen molar-refractivity contribution in [3.8, 4) is 5.75 Å². The van der Waals surface area contributed by atoms with Gasteiger partial charge in [0.2, 0.25) is 5.91 Å². The zero-order valence-electron chi connectivity index (χ0n) is 10.4. The molecular formula is C12H16N2O4. The number of amides is 1. The molecule has 1 N–H and O–H groups in total. The molecule has 6 nitrogen and oxygen atoms in total. The summed E-state index contributed by atoms with van der Waals surface area (Å²) in [5.74, 6) is -0.716. The van der Waals surface area contributed by atoms with E-state index >= 15 is 0 Å². The number of nitrogens with zero attached hydrogens (tertiary/aromatic N) is 2. The lowest BCUT2D eigenvalue weighted by atomic mass is 10.3. The van der Waals surface area contributed by atoms with E-state index in [1.807, 2.05) is 0 Å². The molecule has 0 aliphatic carbocycles. The molecular weight excluding hydrogens is 236 g/mol. The molecule has 1 heterocycles. The van der Waals surface area contributed by atoms with Crippen LogP contribution in [-0.4, -0.2) is 46.6 Å². The van der Waals surface area contributed by atoms with Crippen molar-refractivity contribution in [2.75, 3.05) is 13.7 Å². The van der Waals surface area contributed by atoms with E-state index in [9.17, 15) is 9.59 Å². The third-order valence-electron chi connectivity index (χ3n) is 2.55. The van der Waals surface area contributed by atoms with Gasteiger partial charge in [0.1, 0.15) is 11.8 Å². The van der Waals surface area contributed by atoms with Crippen molar-refractivity contribution >= 4 is 11.9 Å². The molecule has 0 fully saturated rings. The van der Waals surface area contributed by atoms with Gasteiger partial charge in [-0.15, -0.1) is 0 Å². The largest absolute Gasteiger partial charge is 0.491 e. The highest BCUT2D eigenvalue weighted by Gasteiger charge is 2.21. The average Bonchev–Trinajstić information content (AvgIpc) is 2.38. The van der Waals surface area contributed by atoms with Gasteiger partial charge in [0.05, 0.1) is 19.2 Å². The van der Waals surface area contributed by atoms with Crippen molar-refractivity contribution in [1.29, 1.82) is 0 Å². The maximum Gasteiger partial charge on any atom is 0.326 e. The van der Waals surface area contributed by atoms with Crippen LogP contribution in [0.4, 0.5) is 0 Å². The summed E-state index contributed by atoms with van der Waals surface area (Å²) in [6.07, 6.45) is 3.30. The third-order valence-corrected chi connectivity index (χ3v) is 2.55. The smallest absolute Gasteiger partial charge is 0.326 e. The van der Waals surface area contributed by atoms with Crippen LogP contribution < -0.4 is 4.74 Å². The second-order valence-electron chi connectivity index (χ2n) is 3.81. The minimum absolute atomic E-state index is 0.128. The quantitative estimate of drug-likeness (QED) is 0.809. The minimum Gasteiger partial charge on any atom is -0.491 e. The SMILES string of the molecule is CC(C(=O)O)N(C)C(=O)CCOc1cccnc1. The van der Waals surface area contributed by atoms with Crippen LogP contribution in [0.3, 0.4) is 0 Å². The van der Waals surface area contributed by atoms with Crippen molar-refractivity contribution in [2.24, 2.45) is 0 Å². The molecule has 0 aliphatic heterocycles. The number of pyridine rings is 1. The van der Waals surface area contributed by atoms with Gasteiger partial charge in [-0.3, -0.25) is 9.78 Å². The highest BCUT2D eigenvalue weighted by atomic mass is 16.5. The van der Waals surface area contributed by atoms with Gasteiger partial charge in [0.15, 0.2) is 0 Å². The fourth-order valence-corrected chi connectivity index (χ4v) is 1.25. The number of carbonyl (C=O) groups is 2. The number of aromatic nitrogens is 1. The van der Waals surface area contributed by atoms with Gasteiger partial charge in [-0.25, -0.2) is 4.79 Å². The predicted octanol–water partition coefficient (Wildman–Crippen LogP) is 0.782. The van der Waals surface area contributed by atoms with E-state index in [2.05, 4.69) is 4.98 Å². The van der Waals surface area contributed by atoms with Crippen LogP contribution in [-0.2, 0) is 9.59 Å². The van der Waals surface area contributed by atoms with E-state index < -0.39 is 12.0 Å². The third kappa shape index (κ3) is 4.04. The summed E-state index contributed by atoms with van der Waals surface area (Å²) in [6, 6.07) is 2.63. The highest BCUT2D eigenvalue weighted by molar-refractivity contribution is 5.83. The van der Waals surface area contributed by atoms with Crippen LogP contribution >= 0.6 is 0 Å². The number of likely N-dealkylation sites (N-methyl/N-ethyl adjacent to an activating group) is 1. The van der Waals surface area contributed by atoms with Gasteiger partial charge in [0.25, 0.3) is 0 Å². The molecule has 1 rings (SSSR count). The Balaban J connectivity index is 2.35. The maximum atomic E-state index is 11.6. The lowest BCUT2D eigenvalue weighted by Crippen LogP contribution is -2.40. The highest BCUT2D eigenvalue weighted by Crippen LogP contribution is 2.07. The molecule has 0 saturated carbocycles. The number of carboxylic acid groups (broad SMARTS) is 1. The number of hydrogen-bond donors (Lipinski definition) is 1.